The van der Waals surface area contributed by atoms with Crippen molar-refractivity contribution in [2.45, 2.75) is 51.5 Å². The summed E-state index contributed by atoms with van der Waals surface area (Å²) in [4.78, 5) is 0. The van der Waals surface area contributed by atoms with Gasteiger partial charge >= 0.3 is 0 Å². The Morgan fingerprint density at radius 2 is 1.94 bits per heavy atom. The first kappa shape index (κ1) is 12.4. The molecule has 0 amide bonds. The molecule has 0 bridgehead atoms. The molecule has 2 rings (SSSR count). The first-order valence-corrected chi connectivity index (χ1v) is 7.06. The Kier molecular flexibility index (Phi) is 4.66. The summed E-state index contributed by atoms with van der Waals surface area (Å²) >= 11 is 0. The lowest BCUT2D eigenvalue weighted by molar-refractivity contribution is 0.0572. The highest BCUT2D eigenvalue weighted by Crippen LogP contribution is 2.36. The molecular weight excluding hydrogens is 198 g/mol. The van der Waals surface area contributed by atoms with Crippen LogP contribution in [0.1, 0.15) is 45.4 Å². The summed E-state index contributed by atoms with van der Waals surface area (Å²) in [6.07, 6.45) is 8.25. The number of rotatable bonds is 4. The van der Waals surface area contributed by atoms with Gasteiger partial charge in [-0.25, -0.2) is 0 Å². The summed E-state index contributed by atoms with van der Waals surface area (Å²) < 4.78 is 5.44. The van der Waals surface area contributed by atoms with E-state index in [4.69, 9.17) is 4.74 Å². The van der Waals surface area contributed by atoms with E-state index in [0.29, 0.717) is 0 Å². The van der Waals surface area contributed by atoms with Crippen LogP contribution < -0.4 is 5.32 Å². The van der Waals surface area contributed by atoms with Crippen molar-refractivity contribution in [3.8, 4) is 0 Å². The van der Waals surface area contributed by atoms with E-state index in [9.17, 15) is 0 Å². The minimum absolute atomic E-state index is 0.751. The van der Waals surface area contributed by atoms with Gasteiger partial charge in [0.1, 0.15) is 0 Å². The lowest BCUT2D eigenvalue weighted by atomic mass is 9.82. The molecule has 1 aliphatic heterocycles. The molecule has 2 nitrogen and oxygen atoms in total. The lowest BCUT2D eigenvalue weighted by Gasteiger charge is -2.31. The van der Waals surface area contributed by atoms with Crippen LogP contribution in [0.15, 0.2) is 0 Å². The Labute approximate surface area is 100 Å². The van der Waals surface area contributed by atoms with Crippen molar-refractivity contribution in [1.29, 1.82) is 0 Å². The van der Waals surface area contributed by atoms with Gasteiger partial charge in [-0.1, -0.05) is 19.8 Å². The fourth-order valence-electron chi connectivity index (χ4n) is 3.62. The topological polar surface area (TPSA) is 21.3 Å². The fourth-order valence-corrected chi connectivity index (χ4v) is 3.62. The van der Waals surface area contributed by atoms with Crippen molar-refractivity contribution >= 4 is 0 Å². The third-order valence-corrected chi connectivity index (χ3v) is 4.74. The van der Waals surface area contributed by atoms with E-state index in [1.54, 1.807) is 0 Å². The molecule has 1 heterocycles. The average molecular weight is 225 g/mol. The number of ether oxygens (including phenoxy) is 1. The zero-order valence-electron chi connectivity index (χ0n) is 10.9. The van der Waals surface area contributed by atoms with Crippen LogP contribution in [0.4, 0.5) is 0 Å². The van der Waals surface area contributed by atoms with Gasteiger partial charge in [0.2, 0.25) is 0 Å². The van der Waals surface area contributed by atoms with Crippen molar-refractivity contribution in [1.82, 2.24) is 5.32 Å². The van der Waals surface area contributed by atoms with Crippen LogP contribution in [-0.4, -0.2) is 26.3 Å². The monoisotopic (exact) mass is 225 g/mol. The molecule has 0 aromatic heterocycles. The zero-order valence-corrected chi connectivity index (χ0v) is 10.9. The maximum atomic E-state index is 5.44. The molecule has 0 aromatic carbocycles. The second-order valence-electron chi connectivity index (χ2n) is 5.76. The first-order chi connectivity index (χ1) is 7.81. The second kappa shape index (κ2) is 6.02. The Balaban J connectivity index is 1.84. The van der Waals surface area contributed by atoms with Gasteiger partial charge < -0.3 is 10.1 Å². The van der Waals surface area contributed by atoms with Gasteiger partial charge in [-0.05, 0) is 50.5 Å². The molecule has 2 heteroatoms. The van der Waals surface area contributed by atoms with Crippen LogP contribution in [0.5, 0.6) is 0 Å². The summed E-state index contributed by atoms with van der Waals surface area (Å²) in [6.45, 7) is 4.41. The van der Waals surface area contributed by atoms with E-state index in [1.807, 2.05) is 0 Å². The Morgan fingerprint density at radius 1 is 1.19 bits per heavy atom. The third kappa shape index (κ3) is 2.98. The molecule has 2 aliphatic rings. The second-order valence-corrected chi connectivity index (χ2v) is 5.76. The quantitative estimate of drug-likeness (QED) is 0.794. The zero-order chi connectivity index (χ0) is 11.4. The van der Waals surface area contributed by atoms with Crippen molar-refractivity contribution in [2.75, 3.05) is 20.3 Å². The van der Waals surface area contributed by atoms with Crippen molar-refractivity contribution < 1.29 is 4.74 Å². The van der Waals surface area contributed by atoms with Crippen LogP contribution in [-0.2, 0) is 4.74 Å². The summed E-state index contributed by atoms with van der Waals surface area (Å²) in [7, 11) is 2.15. The lowest BCUT2D eigenvalue weighted by Crippen LogP contribution is -2.37. The molecule has 1 aliphatic carbocycles. The third-order valence-electron chi connectivity index (χ3n) is 4.74. The van der Waals surface area contributed by atoms with Gasteiger partial charge in [0.05, 0.1) is 0 Å². The molecule has 1 saturated heterocycles. The standard InChI is InChI=1S/C14H27NO/c1-11-4-3-5-13(11)14(15-2)10-12-6-8-16-9-7-12/h11-15H,3-10H2,1-2H3. The first-order valence-electron chi connectivity index (χ1n) is 7.06. The summed E-state index contributed by atoms with van der Waals surface area (Å²) in [6, 6.07) is 0.751. The molecule has 1 saturated carbocycles. The average Bonchev–Trinajstić information content (AvgIpc) is 2.74. The predicted molar refractivity (Wildman–Crippen MR) is 67.5 cm³/mol. The molecule has 2 fully saturated rings. The van der Waals surface area contributed by atoms with Crippen LogP contribution >= 0.6 is 0 Å². The molecule has 1 N–H and O–H groups in total. The molecule has 94 valence electrons. The highest BCUT2D eigenvalue weighted by atomic mass is 16.5. The molecular formula is C14H27NO. The van der Waals surface area contributed by atoms with E-state index in [1.165, 1.54) is 38.5 Å². The molecule has 16 heavy (non-hydrogen) atoms. The summed E-state index contributed by atoms with van der Waals surface area (Å²) in [5.41, 5.74) is 0. The minimum atomic E-state index is 0.751. The smallest absolute Gasteiger partial charge is 0.0468 e. The number of nitrogens with one attached hydrogen (secondary N) is 1. The van der Waals surface area contributed by atoms with Crippen molar-refractivity contribution in [3.05, 3.63) is 0 Å². The van der Waals surface area contributed by atoms with Gasteiger partial charge in [-0.3, -0.25) is 0 Å². The molecule has 3 atom stereocenters. The number of hydrogen-bond donors (Lipinski definition) is 1. The van der Waals surface area contributed by atoms with E-state index in [0.717, 1.165) is 37.0 Å². The van der Waals surface area contributed by atoms with Gasteiger partial charge in [-0.15, -0.1) is 0 Å². The molecule has 3 unspecified atom stereocenters. The van der Waals surface area contributed by atoms with Gasteiger partial charge in [-0.2, -0.15) is 0 Å². The Hall–Kier alpha value is -0.0800. The molecule has 0 spiro atoms. The van der Waals surface area contributed by atoms with E-state index in [-0.39, 0.29) is 0 Å². The molecule has 0 aromatic rings. The van der Waals surface area contributed by atoms with Crippen LogP contribution in [0.25, 0.3) is 0 Å². The largest absolute Gasteiger partial charge is 0.381 e. The minimum Gasteiger partial charge on any atom is -0.381 e. The number of hydrogen-bond acceptors (Lipinski definition) is 2. The van der Waals surface area contributed by atoms with Gasteiger partial charge in [0.25, 0.3) is 0 Å². The SMILES string of the molecule is CNC(CC1CCOCC1)C1CCCC1C. The maximum absolute atomic E-state index is 5.44. The van der Waals surface area contributed by atoms with E-state index in [2.05, 4.69) is 19.3 Å². The normalized spacial score (nSPS) is 34.1. The van der Waals surface area contributed by atoms with Crippen LogP contribution in [0.2, 0.25) is 0 Å². The highest BCUT2D eigenvalue weighted by Gasteiger charge is 2.31. The van der Waals surface area contributed by atoms with E-state index < -0.39 is 0 Å². The van der Waals surface area contributed by atoms with Crippen LogP contribution in [0, 0.1) is 17.8 Å². The maximum Gasteiger partial charge on any atom is 0.0468 e. The van der Waals surface area contributed by atoms with Crippen LogP contribution in [0.3, 0.4) is 0 Å². The Bertz CT molecular complexity index is 201. The van der Waals surface area contributed by atoms with Gasteiger partial charge in [0.15, 0.2) is 0 Å². The Morgan fingerprint density at radius 3 is 2.50 bits per heavy atom. The summed E-state index contributed by atoms with van der Waals surface area (Å²) in [5.74, 6) is 2.75. The van der Waals surface area contributed by atoms with Crippen molar-refractivity contribution in [3.63, 3.8) is 0 Å². The van der Waals surface area contributed by atoms with Gasteiger partial charge in [0, 0.05) is 19.3 Å². The molecule has 0 radical (unpaired) electrons. The summed E-state index contributed by atoms with van der Waals surface area (Å²) in [5, 5.41) is 3.58. The van der Waals surface area contributed by atoms with E-state index >= 15 is 0 Å². The fraction of sp³-hybridized carbons (Fsp3) is 1.00. The van der Waals surface area contributed by atoms with Crippen molar-refractivity contribution in [2.24, 2.45) is 17.8 Å². The highest BCUT2D eigenvalue weighted by molar-refractivity contribution is 4.86. The predicted octanol–water partition coefficient (Wildman–Crippen LogP) is 2.83.